The molecule has 146 valence electrons. The molecule has 3 atom stereocenters. The molecule has 0 bridgehead atoms. The minimum Gasteiger partial charge on any atom is -0.490 e. The smallest absolute Gasteiger partial charge is 0.119 e. The summed E-state index contributed by atoms with van der Waals surface area (Å²) < 4.78 is 11.7. The van der Waals surface area contributed by atoms with Crippen molar-refractivity contribution in [1.82, 2.24) is 10.6 Å². The summed E-state index contributed by atoms with van der Waals surface area (Å²) in [6.07, 6.45) is 9.42. The molecule has 4 rings (SSSR count). The van der Waals surface area contributed by atoms with Crippen LogP contribution in [0, 0.1) is 5.92 Å². The molecule has 3 unspecified atom stereocenters. The van der Waals surface area contributed by atoms with E-state index in [1.54, 1.807) is 0 Å². The third-order valence-electron chi connectivity index (χ3n) is 6.13. The van der Waals surface area contributed by atoms with Gasteiger partial charge in [0.25, 0.3) is 0 Å². The first-order chi connectivity index (χ1) is 12.4. The van der Waals surface area contributed by atoms with Crippen LogP contribution in [0.3, 0.4) is 0 Å². The Morgan fingerprint density at radius 3 is 2.58 bits per heavy atom. The number of nitrogens with one attached hydrogen (secondary N) is 2. The van der Waals surface area contributed by atoms with E-state index in [0.717, 1.165) is 32.1 Å². The molecule has 3 fully saturated rings. The van der Waals surface area contributed by atoms with Crippen LogP contribution in [-0.2, 0) is 11.3 Å². The van der Waals surface area contributed by atoms with Crippen molar-refractivity contribution < 1.29 is 9.47 Å². The van der Waals surface area contributed by atoms with Crippen LogP contribution in [-0.4, -0.2) is 37.9 Å². The molecular formula is C21H33ClN2O2. The fourth-order valence-corrected chi connectivity index (χ4v) is 4.72. The van der Waals surface area contributed by atoms with Gasteiger partial charge in [0, 0.05) is 25.2 Å². The minimum absolute atomic E-state index is 0. The average molecular weight is 381 g/mol. The van der Waals surface area contributed by atoms with Crippen LogP contribution in [0.25, 0.3) is 0 Å². The van der Waals surface area contributed by atoms with Crippen LogP contribution in [0.2, 0.25) is 0 Å². The van der Waals surface area contributed by atoms with Crippen molar-refractivity contribution in [3.8, 4) is 5.75 Å². The molecule has 2 saturated carbocycles. The van der Waals surface area contributed by atoms with Crippen molar-refractivity contribution in [3.05, 3.63) is 29.8 Å². The number of benzene rings is 1. The van der Waals surface area contributed by atoms with E-state index in [4.69, 9.17) is 9.47 Å². The number of morpholine rings is 1. The molecule has 0 amide bonds. The van der Waals surface area contributed by atoms with Gasteiger partial charge in [-0.25, -0.2) is 0 Å². The summed E-state index contributed by atoms with van der Waals surface area (Å²) in [6.45, 7) is 3.67. The molecule has 26 heavy (non-hydrogen) atoms. The highest BCUT2D eigenvalue weighted by Gasteiger charge is 2.34. The Balaban J connectivity index is 0.00000196. The summed E-state index contributed by atoms with van der Waals surface area (Å²) in [5.41, 5.74) is 1.34. The second-order valence-electron chi connectivity index (χ2n) is 7.89. The number of hydrogen-bond donors (Lipinski definition) is 2. The number of rotatable bonds is 6. The molecule has 1 heterocycles. The quantitative estimate of drug-likeness (QED) is 0.790. The summed E-state index contributed by atoms with van der Waals surface area (Å²) >= 11 is 0. The molecule has 0 aromatic heterocycles. The zero-order valence-corrected chi connectivity index (χ0v) is 16.4. The van der Waals surface area contributed by atoms with Crippen LogP contribution >= 0.6 is 12.4 Å². The average Bonchev–Trinajstić information content (AvgIpc) is 3.33. The lowest BCUT2D eigenvalue weighted by molar-refractivity contribution is 0.0524. The third kappa shape index (κ3) is 5.13. The maximum Gasteiger partial charge on any atom is 0.119 e. The maximum atomic E-state index is 6.06. The van der Waals surface area contributed by atoms with Crippen molar-refractivity contribution in [2.75, 3.05) is 19.8 Å². The molecule has 5 heteroatoms. The first-order valence-corrected chi connectivity index (χ1v) is 10.2. The summed E-state index contributed by atoms with van der Waals surface area (Å²) in [5.74, 6) is 1.73. The Bertz CT molecular complexity index is 527. The van der Waals surface area contributed by atoms with E-state index in [2.05, 4.69) is 34.9 Å². The van der Waals surface area contributed by atoms with Gasteiger partial charge in [0.2, 0.25) is 0 Å². The Hall–Kier alpha value is -0.810. The van der Waals surface area contributed by atoms with Gasteiger partial charge in [-0.2, -0.15) is 0 Å². The first kappa shape index (κ1) is 19.9. The Morgan fingerprint density at radius 2 is 1.85 bits per heavy atom. The van der Waals surface area contributed by atoms with E-state index in [1.807, 2.05) is 0 Å². The summed E-state index contributed by atoms with van der Waals surface area (Å²) in [5, 5.41) is 7.45. The molecule has 1 saturated heterocycles. The summed E-state index contributed by atoms with van der Waals surface area (Å²) in [6, 6.07) is 9.83. The second-order valence-corrected chi connectivity index (χ2v) is 7.89. The topological polar surface area (TPSA) is 42.5 Å². The van der Waals surface area contributed by atoms with Crippen molar-refractivity contribution in [2.24, 2.45) is 5.92 Å². The third-order valence-corrected chi connectivity index (χ3v) is 6.13. The summed E-state index contributed by atoms with van der Waals surface area (Å²) in [7, 11) is 0. The predicted molar refractivity (Wildman–Crippen MR) is 107 cm³/mol. The van der Waals surface area contributed by atoms with Crippen LogP contribution in [0.4, 0.5) is 0 Å². The van der Waals surface area contributed by atoms with E-state index < -0.39 is 0 Å². The Labute approximate surface area is 163 Å². The van der Waals surface area contributed by atoms with Gasteiger partial charge in [0.05, 0.1) is 19.3 Å². The Morgan fingerprint density at radius 1 is 1.04 bits per heavy atom. The first-order valence-electron chi connectivity index (χ1n) is 10.2. The number of halogens is 1. The molecule has 0 radical (unpaired) electrons. The van der Waals surface area contributed by atoms with E-state index in [-0.39, 0.29) is 12.4 Å². The Kier molecular flexibility index (Phi) is 7.62. The lowest BCUT2D eigenvalue weighted by atomic mass is 9.94. The van der Waals surface area contributed by atoms with Gasteiger partial charge < -0.3 is 20.1 Å². The van der Waals surface area contributed by atoms with Gasteiger partial charge in [0.1, 0.15) is 5.75 Å². The van der Waals surface area contributed by atoms with Gasteiger partial charge in [-0.05, 0) is 62.1 Å². The number of ether oxygens (including phenoxy) is 2. The maximum absolute atomic E-state index is 6.06. The molecule has 4 nitrogen and oxygen atoms in total. The zero-order chi connectivity index (χ0) is 16.9. The van der Waals surface area contributed by atoms with Crippen LogP contribution in [0.5, 0.6) is 5.75 Å². The van der Waals surface area contributed by atoms with Crippen LogP contribution < -0.4 is 15.4 Å². The molecular weight excluding hydrogens is 348 g/mol. The lowest BCUT2D eigenvalue weighted by Crippen LogP contribution is -2.50. The molecule has 2 aliphatic carbocycles. The molecule has 2 N–H and O–H groups in total. The van der Waals surface area contributed by atoms with Gasteiger partial charge in [-0.3, -0.25) is 0 Å². The van der Waals surface area contributed by atoms with Crippen LogP contribution in [0.1, 0.15) is 50.5 Å². The molecule has 1 aromatic rings. The SMILES string of the molecule is Cl.c1cc(OC2CCCC2)ccc1CNC1CCCC1C1COCCN1. The highest BCUT2D eigenvalue weighted by atomic mass is 35.5. The highest BCUT2D eigenvalue weighted by molar-refractivity contribution is 5.85. The zero-order valence-electron chi connectivity index (χ0n) is 15.6. The van der Waals surface area contributed by atoms with Crippen molar-refractivity contribution in [3.63, 3.8) is 0 Å². The van der Waals surface area contributed by atoms with Gasteiger partial charge >= 0.3 is 0 Å². The highest BCUT2D eigenvalue weighted by Crippen LogP contribution is 2.30. The van der Waals surface area contributed by atoms with Gasteiger partial charge in [-0.1, -0.05) is 18.6 Å². The second kappa shape index (κ2) is 9.93. The lowest BCUT2D eigenvalue weighted by Gasteiger charge is -2.33. The van der Waals surface area contributed by atoms with E-state index in [0.29, 0.717) is 24.1 Å². The summed E-state index contributed by atoms with van der Waals surface area (Å²) in [4.78, 5) is 0. The van der Waals surface area contributed by atoms with E-state index in [1.165, 1.54) is 50.5 Å². The molecule has 1 aliphatic heterocycles. The van der Waals surface area contributed by atoms with Crippen molar-refractivity contribution in [2.45, 2.75) is 69.7 Å². The minimum atomic E-state index is 0. The molecule has 0 spiro atoms. The number of hydrogen-bond acceptors (Lipinski definition) is 4. The fraction of sp³-hybridized carbons (Fsp3) is 0.714. The van der Waals surface area contributed by atoms with Crippen molar-refractivity contribution in [1.29, 1.82) is 0 Å². The normalized spacial score (nSPS) is 29.5. The van der Waals surface area contributed by atoms with Gasteiger partial charge in [-0.15, -0.1) is 12.4 Å². The molecule has 1 aromatic carbocycles. The monoisotopic (exact) mass is 380 g/mol. The predicted octanol–water partition coefficient (Wildman–Crippen LogP) is 3.68. The van der Waals surface area contributed by atoms with Gasteiger partial charge in [0.15, 0.2) is 0 Å². The van der Waals surface area contributed by atoms with Crippen molar-refractivity contribution >= 4 is 12.4 Å². The van der Waals surface area contributed by atoms with Crippen LogP contribution in [0.15, 0.2) is 24.3 Å². The molecule has 3 aliphatic rings. The standard InChI is InChI=1S/C21H32N2O2.ClH/c1-2-5-17(4-1)25-18-10-8-16(9-11-18)14-23-20-7-3-6-19(20)21-15-24-13-12-22-21;/h8-11,17,19-23H,1-7,12-15H2;1H. The van der Waals surface area contributed by atoms with E-state index >= 15 is 0 Å². The largest absolute Gasteiger partial charge is 0.490 e. The van der Waals surface area contributed by atoms with E-state index in [9.17, 15) is 0 Å². The fourth-order valence-electron chi connectivity index (χ4n) is 4.72.